The molecule has 0 unspecified atom stereocenters. The second kappa shape index (κ2) is 12.7. The second-order valence-electron chi connectivity index (χ2n) is 14.8. The topological polar surface area (TPSA) is 9.86 Å². The Morgan fingerprint density at radius 2 is 0.786 bits per heavy atom. The number of benzene rings is 9. The van der Waals surface area contributed by atoms with E-state index < -0.39 is 0 Å². The normalized spacial score (nSPS) is 12.7. The van der Waals surface area contributed by atoms with Gasteiger partial charge >= 0.3 is 0 Å². The average molecular weight is 715 g/mol. The molecule has 9 aromatic carbocycles. The summed E-state index contributed by atoms with van der Waals surface area (Å²) < 4.78 is 4.84. The molecule has 0 atom stereocenters. The summed E-state index contributed by atoms with van der Waals surface area (Å²) in [5, 5.41) is 14.0. The fraction of sp³-hybridized carbons (Fsp3) is 0.0370. The number of para-hydroxylation sites is 1. The van der Waals surface area contributed by atoms with Crippen molar-refractivity contribution >= 4 is 77.2 Å². The minimum absolute atomic E-state index is 1.16. The number of fused-ring (bicyclic) bond motifs is 10. The van der Waals surface area contributed by atoms with Crippen molar-refractivity contribution in [2.45, 2.75) is 13.8 Å². The fourth-order valence-corrected chi connectivity index (χ4v) is 9.28. The molecule has 0 bridgehead atoms. The molecular weight excluding hydrogens is 677 g/mol. The molecule has 11 aromatic rings. The minimum Gasteiger partial charge on any atom is -0.310 e. The number of hydrogen-bond donors (Lipinski definition) is 0. The van der Waals surface area contributed by atoms with Crippen molar-refractivity contribution in [3.63, 3.8) is 0 Å². The van der Waals surface area contributed by atoms with E-state index in [0.29, 0.717) is 0 Å². The van der Waals surface area contributed by atoms with Crippen LogP contribution in [0, 0.1) is 0 Å². The smallest absolute Gasteiger partial charge is 0.0541 e. The Balaban J connectivity index is 1.06. The maximum Gasteiger partial charge on any atom is 0.0541 e. The Morgan fingerprint density at radius 1 is 0.304 bits per heavy atom. The summed E-state index contributed by atoms with van der Waals surface area (Å²) in [6, 6.07) is 66.9. The first kappa shape index (κ1) is 32.3. The van der Waals surface area contributed by atoms with Crippen molar-refractivity contribution in [1.82, 2.24) is 9.13 Å². The molecule has 0 radical (unpaired) electrons. The molecule has 2 heteroatoms. The molecule has 0 N–H and O–H groups in total. The van der Waals surface area contributed by atoms with Gasteiger partial charge in [0.1, 0.15) is 0 Å². The summed E-state index contributed by atoms with van der Waals surface area (Å²) in [7, 11) is 0. The van der Waals surface area contributed by atoms with Crippen LogP contribution in [0.3, 0.4) is 0 Å². The van der Waals surface area contributed by atoms with Gasteiger partial charge in [-0.2, -0.15) is 0 Å². The van der Waals surface area contributed by atoms with Gasteiger partial charge in [0.25, 0.3) is 0 Å². The number of aromatic nitrogens is 2. The van der Waals surface area contributed by atoms with Gasteiger partial charge in [0.15, 0.2) is 0 Å². The van der Waals surface area contributed by atoms with Crippen molar-refractivity contribution in [2.24, 2.45) is 0 Å². The molecule has 0 amide bonds. The van der Waals surface area contributed by atoms with Gasteiger partial charge in [-0.15, -0.1) is 0 Å². The highest BCUT2D eigenvalue weighted by molar-refractivity contribution is 6.25. The molecule has 2 nitrogen and oxygen atoms in total. The first-order valence-electron chi connectivity index (χ1n) is 19.5. The lowest BCUT2D eigenvalue weighted by Crippen LogP contribution is -2.27. The lowest BCUT2D eigenvalue weighted by atomic mass is 9.94. The van der Waals surface area contributed by atoms with Gasteiger partial charge in [0.2, 0.25) is 0 Å². The monoisotopic (exact) mass is 714 g/mol. The van der Waals surface area contributed by atoms with Gasteiger partial charge < -0.3 is 9.13 Å². The van der Waals surface area contributed by atoms with E-state index in [9.17, 15) is 0 Å². The third-order valence-electron chi connectivity index (χ3n) is 11.8. The van der Waals surface area contributed by atoms with Crippen molar-refractivity contribution in [1.29, 1.82) is 0 Å². The Bertz CT molecular complexity index is 3440. The zero-order chi connectivity index (χ0) is 37.3. The third kappa shape index (κ3) is 4.82. The number of rotatable bonds is 4. The largest absolute Gasteiger partial charge is 0.310 e. The number of hydrogen-bond acceptors (Lipinski definition) is 0. The zero-order valence-corrected chi connectivity index (χ0v) is 31.4. The molecule has 0 saturated heterocycles. The Hall–Kier alpha value is -7.16. The van der Waals surface area contributed by atoms with Gasteiger partial charge in [-0.05, 0) is 123 Å². The van der Waals surface area contributed by atoms with Crippen LogP contribution < -0.4 is 10.6 Å². The van der Waals surface area contributed by atoms with Crippen LogP contribution in [0.25, 0.3) is 111 Å². The van der Waals surface area contributed by atoms with Gasteiger partial charge in [-0.25, -0.2) is 0 Å². The van der Waals surface area contributed by atoms with Crippen LogP contribution in [-0.2, 0) is 0 Å². The van der Waals surface area contributed by atoms with Crippen molar-refractivity contribution in [3.05, 3.63) is 193 Å². The van der Waals surface area contributed by atoms with Crippen molar-refractivity contribution in [2.75, 3.05) is 0 Å². The highest BCUT2D eigenvalue weighted by atomic mass is 15.0. The minimum atomic E-state index is 1.16. The maximum absolute atomic E-state index is 2.44. The second-order valence-corrected chi connectivity index (χ2v) is 14.8. The summed E-state index contributed by atoms with van der Waals surface area (Å²) in [6.45, 7) is 4.29. The maximum atomic E-state index is 2.44. The van der Waals surface area contributed by atoms with E-state index in [1.807, 2.05) is 0 Å². The Kier molecular flexibility index (Phi) is 7.33. The van der Waals surface area contributed by atoms with E-state index in [1.165, 1.54) is 104 Å². The summed E-state index contributed by atoms with van der Waals surface area (Å²) >= 11 is 0. The van der Waals surface area contributed by atoms with E-state index in [0.717, 1.165) is 5.69 Å². The van der Waals surface area contributed by atoms with E-state index in [2.05, 4.69) is 217 Å². The van der Waals surface area contributed by atoms with Crippen LogP contribution in [0.5, 0.6) is 0 Å². The van der Waals surface area contributed by atoms with E-state index in [1.54, 1.807) is 0 Å². The summed E-state index contributed by atoms with van der Waals surface area (Å²) in [4.78, 5) is 0. The highest BCUT2D eigenvalue weighted by Gasteiger charge is 2.17. The van der Waals surface area contributed by atoms with Gasteiger partial charge in [0.05, 0.1) is 16.6 Å². The predicted octanol–water partition coefficient (Wildman–Crippen LogP) is 13.1. The molecule has 2 aromatic heterocycles. The highest BCUT2D eigenvalue weighted by Crippen LogP contribution is 2.39. The summed E-state index contributed by atoms with van der Waals surface area (Å²) in [5.74, 6) is 0. The number of nitrogens with zero attached hydrogens (tertiary/aromatic N) is 2. The lowest BCUT2D eigenvalue weighted by molar-refractivity contribution is 1.07. The summed E-state index contributed by atoms with van der Waals surface area (Å²) in [5.41, 5.74) is 10.8. The van der Waals surface area contributed by atoms with Crippen molar-refractivity contribution < 1.29 is 0 Å². The average Bonchev–Trinajstić information content (AvgIpc) is 3.78. The molecule has 0 aliphatic rings. The molecule has 0 aliphatic heterocycles. The lowest BCUT2D eigenvalue weighted by Gasteiger charge is -2.14. The van der Waals surface area contributed by atoms with Crippen LogP contribution in [0.4, 0.5) is 0 Å². The van der Waals surface area contributed by atoms with Crippen LogP contribution in [-0.4, -0.2) is 9.13 Å². The SMILES string of the molecule is C/C=c1\c(=C/C)n(-c2ccc(-c3ccccc3)cc2)c2ccc(-c3ccc4c(c3)c3ccccc3n4-c3ccc4c5ccccc5c5ccccc5c4c3)cc12. The fourth-order valence-electron chi connectivity index (χ4n) is 9.28. The zero-order valence-electron chi connectivity index (χ0n) is 31.4. The Labute approximate surface area is 325 Å². The first-order valence-corrected chi connectivity index (χ1v) is 19.5. The van der Waals surface area contributed by atoms with Crippen LogP contribution in [0.15, 0.2) is 182 Å². The van der Waals surface area contributed by atoms with Crippen LogP contribution in [0.1, 0.15) is 13.8 Å². The van der Waals surface area contributed by atoms with E-state index >= 15 is 0 Å². The molecule has 2 heterocycles. The van der Waals surface area contributed by atoms with E-state index in [4.69, 9.17) is 0 Å². The van der Waals surface area contributed by atoms with Gasteiger partial charge in [-0.3, -0.25) is 0 Å². The Morgan fingerprint density at radius 3 is 1.43 bits per heavy atom. The van der Waals surface area contributed by atoms with Crippen LogP contribution >= 0.6 is 0 Å². The molecule has 264 valence electrons. The molecule has 0 spiro atoms. The molecule has 11 rings (SSSR count). The summed E-state index contributed by atoms with van der Waals surface area (Å²) in [6.07, 6.45) is 4.49. The predicted molar refractivity (Wildman–Crippen MR) is 241 cm³/mol. The van der Waals surface area contributed by atoms with Crippen molar-refractivity contribution in [3.8, 4) is 33.6 Å². The molecule has 0 fully saturated rings. The first-order chi connectivity index (χ1) is 27.7. The molecule has 56 heavy (non-hydrogen) atoms. The molecule has 0 aliphatic carbocycles. The molecular formula is C54H38N2. The van der Waals surface area contributed by atoms with Crippen LogP contribution in [0.2, 0.25) is 0 Å². The molecule has 0 saturated carbocycles. The van der Waals surface area contributed by atoms with Gasteiger partial charge in [0, 0.05) is 38.1 Å². The standard InChI is InChI=1S/C54H38N2/c1-3-41-49-32-37(24-30-53(49)55(51(41)4-2)39-26-22-36(23-27-39)35-14-6-5-7-15-35)38-25-31-54-50(33-38)47-20-12-13-21-52(47)56(54)40-28-29-46-44-18-9-8-16-42(44)43-17-10-11-19-45(43)48(46)34-40/h3-34H,1-2H3/b41-3-,51-4+. The quantitative estimate of drug-likeness (QED) is 0.161. The third-order valence-corrected chi connectivity index (χ3v) is 11.8. The van der Waals surface area contributed by atoms with Gasteiger partial charge in [-0.1, -0.05) is 140 Å². The van der Waals surface area contributed by atoms with E-state index in [-0.39, 0.29) is 0 Å².